The quantitative estimate of drug-likeness (QED) is 0.797. The molecule has 2 rings (SSSR count). The molecule has 3 heteroatoms. The van der Waals surface area contributed by atoms with Crippen molar-refractivity contribution in [2.75, 3.05) is 19.8 Å². The molecule has 0 amide bonds. The molecule has 1 fully saturated rings. The molecule has 1 aliphatic heterocycles. The molecule has 1 aromatic rings. The summed E-state index contributed by atoms with van der Waals surface area (Å²) in [5.74, 6) is 0.382. The van der Waals surface area contributed by atoms with Crippen LogP contribution in [0.25, 0.3) is 0 Å². The lowest BCUT2D eigenvalue weighted by Crippen LogP contribution is -2.12. The first-order chi connectivity index (χ1) is 6.81. The fourth-order valence-electron chi connectivity index (χ4n) is 2.02. The SMILES string of the molecule is FC[C@H]1CNC[C@@H]1c1cccc(Cl)c1. The third-order valence-corrected chi connectivity index (χ3v) is 3.05. The normalized spacial score (nSPS) is 26.7. The number of nitrogens with one attached hydrogen (secondary N) is 1. The van der Waals surface area contributed by atoms with Crippen molar-refractivity contribution in [3.05, 3.63) is 34.9 Å². The number of alkyl halides is 1. The van der Waals surface area contributed by atoms with Crippen molar-refractivity contribution in [1.82, 2.24) is 5.32 Å². The summed E-state index contributed by atoms with van der Waals surface area (Å²) in [6.07, 6.45) is 0. The zero-order valence-electron chi connectivity index (χ0n) is 7.84. The smallest absolute Gasteiger partial charge is 0.0941 e. The second kappa shape index (κ2) is 4.28. The van der Waals surface area contributed by atoms with E-state index in [1.807, 2.05) is 24.3 Å². The fraction of sp³-hybridized carbons (Fsp3) is 0.455. The number of rotatable bonds is 2. The van der Waals surface area contributed by atoms with Gasteiger partial charge in [-0.1, -0.05) is 23.7 Å². The van der Waals surface area contributed by atoms with Crippen molar-refractivity contribution in [1.29, 1.82) is 0 Å². The standard InChI is InChI=1S/C11H13ClFN/c12-10-3-1-2-8(4-10)11-7-14-6-9(11)5-13/h1-4,9,11,14H,5-7H2/t9-,11+/m0/s1. The van der Waals surface area contributed by atoms with E-state index in [9.17, 15) is 4.39 Å². The van der Waals surface area contributed by atoms with Crippen LogP contribution in [0.1, 0.15) is 11.5 Å². The molecular formula is C11H13ClFN. The Labute approximate surface area is 88.3 Å². The molecule has 76 valence electrons. The van der Waals surface area contributed by atoms with Crippen molar-refractivity contribution in [3.8, 4) is 0 Å². The second-order valence-corrected chi connectivity index (χ2v) is 4.17. The molecule has 1 heterocycles. The summed E-state index contributed by atoms with van der Waals surface area (Å²) in [7, 11) is 0. The van der Waals surface area contributed by atoms with Crippen molar-refractivity contribution in [3.63, 3.8) is 0 Å². The molecule has 2 atom stereocenters. The van der Waals surface area contributed by atoms with Gasteiger partial charge in [0.1, 0.15) is 0 Å². The third kappa shape index (κ3) is 1.91. The van der Waals surface area contributed by atoms with E-state index in [2.05, 4.69) is 5.32 Å². The fourth-order valence-corrected chi connectivity index (χ4v) is 2.22. The van der Waals surface area contributed by atoms with E-state index < -0.39 is 0 Å². The van der Waals surface area contributed by atoms with Gasteiger partial charge in [-0.05, 0) is 17.7 Å². The zero-order valence-corrected chi connectivity index (χ0v) is 8.60. The van der Waals surface area contributed by atoms with E-state index in [0.717, 1.165) is 23.7 Å². The van der Waals surface area contributed by atoms with E-state index in [4.69, 9.17) is 11.6 Å². The van der Waals surface area contributed by atoms with Gasteiger partial charge in [-0.3, -0.25) is 4.39 Å². The first kappa shape index (κ1) is 9.94. The Morgan fingerprint density at radius 2 is 2.29 bits per heavy atom. The van der Waals surface area contributed by atoms with E-state index in [0.29, 0.717) is 0 Å². The van der Waals surface area contributed by atoms with Crippen molar-refractivity contribution in [2.24, 2.45) is 5.92 Å². The van der Waals surface area contributed by atoms with Crippen LogP contribution in [0.15, 0.2) is 24.3 Å². The van der Waals surface area contributed by atoms with Crippen LogP contribution >= 0.6 is 11.6 Å². The molecule has 14 heavy (non-hydrogen) atoms. The summed E-state index contributed by atoms with van der Waals surface area (Å²) in [6.45, 7) is 1.37. The summed E-state index contributed by atoms with van der Waals surface area (Å²) >= 11 is 5.90. The van der Waals surface area contributed by atoms with E-state index >= 15 is 0 Å². The Kier molecular flexibility index (Phi) is 3.04. The van der Waals surface area contributed by atoms with Crippen LogP contribution < -0.4 is 5.32 Å². The predicted octanol–water partition coefficient (Wildman–Crippen LogP) is 2.61. The van der Waals surface area contributed by atoms with Crippen LogP contribution in [0, 0.1) is 5.92 Å². The third-order valence-electron chi connectivity index (χ3n) is 2.81. The number of halogens is 2. The number of hydrogen-bond acceptors (Lipinski definition) is 1. The van der Waals surface area contributed by atoms with Crippen LogP contribution in [-0.2, 0) is 0 Å². The highest BCUT2D eigenvalue weighted by atomic mass is 35.5. The van der Waals surface area contributed by atoms with Crippen LogP contribution in [0.3, 0.4) is 0 Å². The van der Waals surface area contributed by atoms with Crippen LogP contribution in [0.2, 0.25) is 5.02 Å². The maximum atomic E-state index is 12.7. The van der Waals surface area contributed by atoms with Crippen LogP contribution in [-0.4, -0.2) is 19.8 Å². The second-order valence-electron chi connectivity index (χ2n) is 3.73. The van der Waals surface area contributed by atoms with Gasteiger partial charge in [0.2, 0.25) is 0 Å². The van der Waals surface area contributed by atoms with Gasteiger partial charge < -0.3 is 5.32 Å². The largest absolute Gasteiger partial charge is 0.316 e. The van der Waals surface area contributed by atoms with Crippen LogP contribution in [0.4, 0.5) is 4.39 Å². The Morgan fingerprint density at radius 3 is 3.00 bits per heavy atom. The average Bonchev–Trinajstić information content (AvgIpc) is 2.65. The molecule has 1 saturated heterocycles. The molecule has 0 aromatic heterocycles. The highest BCUT2D eigenvalue weighted by molar-refractivity contribution is 6.30. The molecule has 1 aliphatic rings. The first-order valence-electron chi connectivity index (χ1n) is 4.83. The van der Waals surface area contributed by atoms with Crippen LogP contribution in [0.5, 0.6) is 0 Å². The molecule has 0 saturated carbocycles. The van der Waals surface area contributed by atoms with Crippen molar-refractivity contribution >= 4 is 11.6 Å². The minimum atomic E-state index is -0.260. The summed E-state index contributed by atoms with van der Waals surface area (Å²) in [4.78, 5) is 0. The minimum Gasteiger partial charge on any atom is -0.316 e. The molecule has 0 unspecified atom stereocenters. The highest BCUT2D eigenvalue weighted by Gasteiger charge is 2.28. The molecule has 0 spiro atoms. The molecule has 1 N–H and O–H groups in total. The number of benzene rings is 1. The van der Waals surface area contributed by atoms with Gasteiger partial charge in [0, 0.05) is 29.9 Å². The lowest BCUT2D eigenvalue weighted by Gasteiger charge is -2.15. The summed E-state index contributed by atoms with van der Waals surface area (Å²) in [5.41, 5.74) is 1.14. The summed E-state index contributed by atoms with van der Waals surface area (Å²) < 4.78 is 12.7. The number of hydrogen-bond donors (Lipinski definition) is 1. The van der Waals surface area contributed by atoms with Crippen molar-refractivity contribution in [2.45, 2.75) is 5.92 Å². The van der Waals surface area contributed by atoms with Gasteiger partial charge in [-0.25, -0.2) is 0 Å². The summed E-state index contributed by atoms with van der Waals surface area (Å²) in [5, 5.41) is 3.94. The zero-order chi connectivity index (χ0) is 9.97. The van der Waals surface area contributed by atoms with Gasteiger partial charge in [-0.2, -0.15) is 0 Å². The molecule has 1 aromatic carbocycles. The lowest BCUT2D eigenvalue weighted by molar-refractivity contribution is 0.358. The Hall–Kier alpha value is -0.600. The van der Waals surface area contributed by atoms with Gasteiger partial charge in [0.15, 0.2) is 0 Å². The van der Waals surface area contributed by atoms with E-state index in [1.54, 1.807) is 0 Å². The lowest BCUT2D eigenvalue weighted by atomic mass is 9.90. The topological polar surface area (TPSA) is 12.0 Å². The van der Waals surface area contributed by atoms with Gasteiger partial charge >= 0.3 is 0 Å². The first-order valence-corrected chi connectivity index (χ1v) is 5.21. The highest BCUT2D eigenvalue weighted by Crippen LogP contribution is 2.29. The predicted molar refractivity (Wildman–Crippen MR) is 56.5 cm³/mol. The van der Waals surface area contributed by atoms with Gasteiger partial charge in [-0.15, -0.1) is 0 Å². The molecule has 0 bridgehead atoms. The van der Waals surface area contributed by atoms with E-state index in [1.165, 1.54) is 0 Å². The Bertz CT molecular complexity index is 316. The van der Waals surface area contributed by atoms with Crippen molar-refractivity contribution < 1.29 is 4.39 Å². The molecule has 0 radical (unpaired) electrons. The monoisotopic (exact) mass is 213 g/mol. The van der Waals surface area contributed by atoms with Gasteiger partial charge in [0.25, 0.3) is 0 Å². The maximum Gasteiger partial charge on any atom is 0.0941 e. The summed E-state index contributed by atoms with van der Waals surface area (Å²) in [6, 6.07) is 7.72. The van der Waals surface area contributed by atoms with E-state index in [-0.39, 0.29) is 18.5 Å². The Balaban J connectivity index is 2.21. The van der Waals surface area contributed by atoms with Gasteiger partial charge in [0.05, 0.1) is 6.67 Å². The molecule has 0 aliphatic carbocycles. The molecular weight excluding hydrogens is 201 g/mol. The Morgan fingerprint density at radius 1 is 1.43 bits per heavy atom. The maximum absolute atomic E-state index is 12.7. The minimum absolute atomic E-state index is 0.105. The average molecular weight is 214 g/mol. The molecule has 1 nitrogen and oxygen atoms in total.